The molecule has 4 aromatic rings. The minimum atomic E-state index is -0.301. The molecule has 0 saturated carbocycles. The first-order valence-corrected chi connectivity index (χ1v) is 12.2. The molecule has 176 valence electrons. The molecule has 2 N–H and O–H groups in total. The minimum absolute atomic E-state index is 0.121. The van der Waals surface area contributed by atoms with Crippen molar-refractivity contribution in [1.29, 1.82) is 0 Å². The van der Waals surface area contributed by atoms with Gasteiger partial charge in [0.05, 0.1) is 42.9 Å². The number of morpholine rings is 1. The van der Waals surface area contributed by atoms with Gasteiger partial charge in [0.2, 0.25) is 0 Å². The fourth-order valence-corrected chi connectivity index (χ4v) is 5.04. The molecule has 1 aliphatic rings. The van der Waals surface area contributed by atoms with Crippen molar-refractivity contribution in [3.8, 4) is 11.1 Å². The summed E-state index contributed by atoms with van der Waals surface area (Å²) in [5, 5.41) is 9.93. The molecule has 4 heterocycles. The Balaban J connectivity index is 1.58. The zero-order valence-electron chi connectivity index (χ0n) is 18.8. The van der Waals surface area contributed by atoms with E-state index in [4.69, 9.17) is 10.5 Å². The molecular weight excluding hydrogens is 547 g/mol. The highest BCUT2D eigenvalue weighted by Gasteiger charge is 2.24. The van der Waals surface area contributed by atoms with Crippen molar-refractivity contribution in [1.82, 2.24) is 34.4 Å². The number of nitrogens with two attached hydrogens (primary N) is 1. The van der Waals surface area contributed by atoms with E-state index in [-0.39, 0.29) is 11.6 Å². The van der Waals surface area contributed by atoms with Crippen LogP contribution in [-0.2, 0) is 11.3 Å². The quantitative estimate of drug-likeness (QED) is 0.350. The number of aromatic nitrogens is 6. The molecule has 0 bridgehead atoms. The fourth-order valence-electron chi connectivity index (χ4n) is 4.29. The molecule has 0 spiro atoms. The van der Waals surface area contributed by atoms with E-state index in [1.165, 1.54) is 6.33 Å². The molecule has 0 amide bonds. The topological polar surface area (TPSA) is 117 Å². The predicted octanol–water partition coefficient (Wildman–Crippen LogP) is 2.18. The average molecular weight is 572 g/mol. The summed E-state index contributed by atoms with van der Waals surface area (Å²) in [4.78, 5) is 24.5. The number of hydrogen-bond donors (Lipinski definition) is 1. The molecule has 0 aliphatic carbocycles. The predicted molar refractivity (Wildman–Crippen MR) is 137 cm³/mol. The van der Waals surface area contributed by atoms with Crippen LogP contribution in [0.25, 0.3) is 22.2 Å². The van der Waals surface area contributed by atoms with Crippen LogP contribution in [0.5, 0.6) is 0 Å². The normalized spacial score (nSPS) is 15.6. The second-order valence-electron chi connectivity index (χ2n) is 8.19. The van der Waals surface area contributed by atoms with Crippen molar-refractivity contribution in [2.75, 3.05) is 38.6 Å². The Morgan fingerprint density at radius 1 is 1.15 bits per heavy atom. The maximum atomic E-state index is 13.7. The molecule has 1 fully saturated rings. The van der Waals surface area contributed by atoms with Gasteiger partial charge in [0.15, 0.2) is 5.65 Å². The van der Waals surface area contributed by atoms with E-state index in [0.29, 0.717) is 32.7 Å². The van der Waals surface area contributed by atoms with Crippen LogP contribution in [0.2, 0.25) is 0 Å². The van der Waals surface area contributed by atoms with Gasteiger partial charge in [-0.1, -0.05) is 30.3 Å². The van der Waals surface area contributed by atoms with E-state index in [0.717, 1.165) is 44.0 Å². The van der Waals surface area contributed by atoms with Crippen LogP contribution < -0.4 is 11.3 Å². The summed E-state index contributed by atoms with van der Waals surface area (Å²) < 4.78 is 9.48. The molecule has 11 heteroatoms. The number of nitrogen functional groups attached to an aromatic ring is 1. The van der Waals surface area contributed by atoms with Crippen LogP contribution >= 0.6 is 22.6 Å². The van der Waals surface area contributed by atoms with E-state index in [2.05, 4.69) is 47.7 Å². The SMILES string of the molecule is CC(c1cnn(CCN2CCOCC2)c(=O)c1-c1ccccc1)n1nc(I)c2c(N)ncnc21. The lowest BCUT2D eigenvalue weighted by atomic mass is 9.98. The van der Waals surface area contributed by atoms with Crippen molar-refractivity contribution in [2.45, 2.75) is 19.5 Å². The molecule has 10 nitrogen and oxygen atoms in total. The third-order valence-electron chi connectivity index (χ3n) is 6.16. The van der Waals surface area contributed by atoms with Crippen LogP contribution in [0.3, 0.4) is 0 Å². The van der Waals surface area contributed by atoms with Gasteiger partial charge in [-0.05, 0) is 35.1 Å². The van der Waals surface area contributed by atoms with Crippen molar-refractivity contribution < 1.29 is 4.74 Å². The lowest BCUT2D eigenvalue weighted by Crippen LogP contribution is -2.40. The van der Waals surface area contributed by atoms with Crippen molar-refractivity contribution >= 4 is 39.4 Å². The molecule has 1 saturated heterocycles. The van der Waals surface area contributed by atoms with Gasteiger partial charge < -0.3 is 10.5 Å². The van der Waals surface area contributed by atoms with Crippen molar-refractivity contribution in [3.05, 3.63) is 62.5 Å². The highest BCUT2D eigenvalue weighted by atomic mass is 127. The first-order valence-electron chi connectivity index (χ1n) is 11.1. The second kappa shape index (κ2) is 9.76. The van der Waals surface area contributed by atoms with Crippen LogP contribution in [-0.4, -0.2) is 67.3 Å². The number of halogens is 1. The van der Waals surface area contributed by atoms with E-state index in [1.54, 1.807) is 15.6 Å². The van der Waals surface area contributed by atoms with Crippen LogP contribution in [0.1, 0.15) is 18.5 Å². The van der Waals surface area contributed by atoms with Gasteiger partial charge in [0.1, 0.15) is 15.8 Å². The first-order chi connectivity index (χ1) is 16.5. The smallest absolute Gasteiger partial charge is 0.275 e. The molecule has 3 aromatic heterocycles. The lowest BCUT2D eigenvalue weighted by molar-refractivity contribution is 0.0358. The number of benzene rings is 1. The minimum Gasteiger partial charge on any atom is -0.383 e. The molecule has 1 aliphatic heterocycles. The second-order valence-corrected chi connectivity index (χ2v) is 9.21. The molecule has 1 atom stereocenters. The monoisotopic (exact) mass is 572 g/mol. The van der Waals surface area contributed by atoms with E-state index in [1.807, 2.05) is 37.3 Å². The Morgan fingerprint density at radius 2 is 1.91 bits per heavy atom. The van der Waals surface area contributed by atoms with Gasteiger partial charge in [-0.2, -0.15) is 10.2 Å². The Bertz CT molecular complexity index is 1360. The number of fused-ring (bicyclic) bond motifs is 1. The van der Waals surface area contributed by atoms with Crippen molar-refractivity contribution in [2.24, 2.45) is 0 Å². The maximum Gasteiger partial charge on any atom is 0.275 e. The number of rotatable bonds is 6. The van der Waals surface area contributed by atoms with E-state index in [9.17, 15) is 4.79 Å². The molecule has 1 aromatic carbocycles. The third kappa shape index (κ3) is 4.30. The van der Waals surface area contributed by atoms with E-state index < -0.39 is 0 Å². The first kappa shape index (κ1) is 22.9. The van der Waals surface area contributed by atoms with Crippen LogP contribution in [0, 0.1) is 3.70 Å². The van der Waals surface area contributed by atoms with Crippen LogP contribution in [0.4, 0.5) is 5.82 Å². The van der Waals surface area contributed by atoms with E-state index >= 15 is 0 Å². The number of anilines is 1. The number of nitrogens with zero attached hydrogens (tertiary/aromatic N) is 7. The van der Waals surface area contributed by atoms with Crippen molar-refractivity contribution in [3.63, 3.8) is 0 Å². The van der Waals surface area contributed by atoms with Gasteiger partial charge >= 0.3 is 0 Å². The summed E-state index contributed by atoms with van der Waals surface area (Å²) in [6.07, 6.45) is 3.21. The van der Waals surface area contributed by atoms with Gasteiger partial charge in [-0.25, -0.2) is 19.3 Å². The molecule has 1 unspecified atom stereocenters. The fraction of sp³-hybridized carbons (Fsp3) is 0.348. The van der Waals surface area contributed by atoms with Gasteiger partial charge in [0, 0.05) is 25.2 Å². The Hall–Kier alpha value is -2.90. The Kier molecular flexibility index (Phi) is 6.57. The summed E-state index contributed by atoms with van der Waals surface area (Å²) >= 11 is 2.13. The molecular formula is C23H25IN8O2. The summed E-state index contributed by atoms with van der Waals surface area (Å²) in [7, 11) is 0. The lowest BCUT2D eigenvalue weighted by Gasteiger charge is -2.26. The Morgan fingerprint density at radius 3 is 2.68 bits per heavy atom. The molecule has 34 heavy (non-hydrogen) atoms. The molecule has 5 rings (SSSR count). The van der Waals surface area contributed by atoms with Crippen LogP contribution in [0.15, 0.2) is 47.7 Å². The Labute approximate surface area is 209 Å². The summed E-state index contributed by atoms with van der Waals surface area (Å²) in [6.45, 7) is 6.42. The highest BCUT2D eigenvalue weighted by molar-refractivity contribution is 14.1. The number of hydrogen-bond acceptors (Lipinski definition) is 8. The highest BCUT2D eigenvalue weighted by Crippen LogP contribution is 2.31. The summed E-state index contributed by atoms with van der Waals surface area (Å²) in [5.74, 6) is 0.382. The average Bonchev–Trinajstić information content (AvgIpc) is 3.21. The van der Waals surface area contributed by atoms with Gasteiger partial charge in [-0.15, -0.1) is 0 Å². The van der Waals surface area contributed by atoms with Gasteiger partial charge in [0.25, 0.3) is 5.56 Å². The summed E-state index contributed by atoms with van der Waals surface area (Å²) in [6, 6.07) is 9.40. The maximum absolute atomic E-state index is 13.7. The zero-order valence-corrected chi connectivity index (χ0v) is 20.9. The zero-order chi connectivity index (χ0) is 23.7. The third-order valence-corrected chi connectivity index (χ3v) is 6.91. The standard InChI is InChI=1S/C23H25IN8O2/c1-15(32-22-19(20(24)29-32)21(25)26-14-27-22)17-13-28-31(8-7-30-9-11-34-12-10-30)23(33)18(17)16-5-3-2-4-6-16/h2-6,13-15H,7-12H2,1H3,(H2,25,26,27). The van der Waals surface area contributed by atoms with Gasteiger partial charge in [-0.3, -0.25) is 9.69 Å². The number of ether oxygens (including phenoxy) is 1. The molecule has 0 radical (unpaired) electrons. The summed E-state index contributed by atoms with van der Waals surface area (Å²) in [5.41, 5.74) is 8.82. The largest absolute Gasteiger partial charge is 0.383 e.